The third kappa shape index (κ3) is 6.17. The standard InChI is InChI=1S/C15H25N3O4S/c1-17(2)14(12-7-6-8-13(9-12)22-4)10-16-15(19)11-18(3)23(5,20)21/h6-9,14H,10-11H2,1-5H3,(H,16,19)/t14-/m0/s1. The largest absolute Gasteiger partial charge is 0.497 e. The summed E-state index contributed by atoms with van der Waals surface area (Å²) in [5.41, 5.74) is 1.01. The second-order valence-corrected chi connectivity index (χ2v) is 7.67. The number of carbonyl (C=O) groups is 1. The molecule has 0 radical (unpaired) electrons. The molecule has 0 aromatic heterocycles. The minimum atomic E-state index is -3.37. The summed E-state index contributed by atoms with van der Waals surface area (Å²) in [6.45, 7) is 0.174. The topological polar surface area (TPSA) is 79.0 Å². The number of amides is 1. The van der Waals surface area contributed by atoms with Crippen molar-refractivity contribution in [2.45, 2.75) is 6.04 Å². The second kappa shape index (κ2) is 8.28. The summed E-state index contributed by atoms with van der Waals surface area (Å²) in [6, 6.07) is 7.58. The van der Waals surface area contributed by atoms with Crippen molar-refractivity contribution in [3.63, 3.8) is 0 Å². The van der Waals surface area contributed by atoms with Gasteiger partial charge < -0.3 is 15.0 Å². The van der Waals surface area contributed by atoms with Crippen LogP contribution in [0.4, 0.5) is 0 Å². The van der Waals surface area contributed by atoms with Crippen LogP contribution in [0, 0.1) is 0 Å². The maximum absolute atomic E-state index is 11.9. The third-order valence-corrected chi connectivity index (χ3v) is 4.79. The van der Waals surface area contributed by atoms with E-state index < -0.39 is 10.0 Å². The average Bonchev–Trinajstić information content (AvgIpc) is 2.46. The number of nitrogens with zero attached hydrogens (tertiary/aromatic N) is 2. The fourth-order valence-electron chi connectivity index (χ4n) is 2.03. The molecule has 23 heavy (non-hydrogen) atoms. The molecular formula is C15H25N3O4S. The highest BCUT2D eigenvalue weighted by molar-refractivity contribution is 7.88. The van der Waals surface area contributed by atoms with E-state index in [1.54, 1.807) is 7.11 Å². The second-order valence-electron chi connectivity index (χ2n) is 5.58. The van der Waals surface area contributed by atoms with Crippen LogP contribution in [0.25, 0.3) is 0 Å². The van der Waals surface area contributed by atoms with Crippen molar-refractivity contribution in [2.75, 3.05) is 47.6 Å². The lowest BCUT2D eigenvalue weighted by molar-refractivity contribution is -0.121. The van der Waals surface area contributed by atoms with Crippen LogP contribution in [0.1, 0.15) is 11.6 Å². The maximum Gasteiger partial charge on any atom is 0.235 e. The molecule has 130 valence electrons. The number of sulfonamides is 1. The van der Waals surface area contributed by atoms with E-state index in [1.807, 2.05) is 43.3 Å². The van der Waals surface area contributed by atoms with Crippen molar-refractivity contribution < 1.29 is 17.9 Å². The maximum atomic E-state index is 11.9. The van der Waals surface area contributed by atoms with Crippen LogP contribution in [0.3, 0.4) is 0 Å². The van der Waals surface area contributed by atoms with Crippen molar-refractivity contribution in [2.24, 2.45) is 0 Å². The predicted octanol–water partition coefficient (Wildman–Crippen LogP) is 0.306. The first kappa shape index (κ1) is 19.4. The van der Waals surface area contributed by atoms with Gasteiger partial charge in [-0.25, -0.2) is 8.42 Å². The smallest absolute Gasteiger partial charge is 0.235 e. The Balaban J connectivity index is 2.72. The van der Waals surface area contributed by atoms with E-state index in [0.717, 1.165) is 21.9 Å². The Morgan fingerprint density at radius 3 is 2.48 bits per heavy atom. The molecule has 0 aliphatic carbocycles. The Morgan fingerprint density at radius 1 is 1.30 bits per heavy atom. The van der Waals surface area contributed by atoms with E-state index in [-0.39, 0.29) is 18.5 Å². The van der Waals surface area contributed by atoms with E-state index in [0.29, 0.717) is 6.54 Å². The Hall–Kier alpha value is -1.64. The van der Waals surface area contributed by atoms with Gasteiger partial charge in [-0.2, -0.15) is 4.31 Å². The summed E-state index contributed by atoms with van der Waals surface area (Å²) < 4.78 is 28.9. The van der Waals surface area contributed by atoms with Crippen molar-refractivity contribution in [1.82, 2.24) is 14.5 Å². The molecule has 0 saturated carbocycles. The molecule has 0 aliphatic rings. The molecule has 0 bridgehead atoms. The molecular weight excluding hydrogens is 318 g/mol. The van der Waals surface area contributed by atoms with Crippen LogP contribution in [-0.4, -0.2) is 71.1 Å². The zero-order valence-corrected chi connectivity index (χ0v) is 15.1. The monoisotopic (exact) mass is 343 g/mol. The molecule has 1 rings (SSSR count). The molecule has 1 amide bonds. The number of hydrogen-bond acceptors (Lipinski definition) is 5. The number of hydrogen-bond donors (Lipinski definition) is 1. The zero-order valence-electron chi connectivity index (χ0n) is 14.2. The van der Waals surface area contributed by atoms with Crippen LogP contribution in [0.5, 0.6) is 5.75 Å². The van der Waals surface area contributed by atoms with Gasteiger partial charge in [-0.3, -0.25) is 4.79 Å². The molecule has 1 N–H and O–H groups in total. The van der Waals surface area contributed by atoms with Crippen molar-refractivity contribution in [3.05, 3.63) is 29.8 Å². The number of methoxy groups -OCH3 is 1. The molecule has 7 nitrogen and oxygen atoms in total. The molecule has 0 unspecified atom stereocenters. The first-order valence-corrected chi connectivity index (χ1v) is 8.98. The van der Waals surface area contributed by atoms with Gasteiger partial charge >= 0.3 is 0 Å². The molecule has 0 spiro atoms. The number of benzene rings is 1. The molecule has 0 aliphatic heterocycles. The van der Waals surface area contributed by atoms with Gasteiger partial charge in [0.05, 0.1) is 26.0 Å². The van der Waals surface area contributed by atoms with Crippen LogP contribution in [0.2, 0.25) is 0 Å². The van der Waals surface area contributed by atoms with E-state index >= 15 is 0 Å². The summed E-state index contributed by atoms with van der Waals surface area (Å²) in [5.74, 6) is 0.408. The van der Waals surface area contributed by atoms with Gasteiger partial charge in [0.1, 0.15) is 5.75 Å². The van der Waals surface area contributed by atoms with Crippen molar-refractivity contribution in [3.8, 4) is 5.75 Å². The molecule has 1 aromatic carbocycles. The molecule has 1 aromatic rings. The Kier molecular flexibility index (Phi) is 6.99. The van der Waals surface area contributed by atoms with Gasteiger partial charge in [-0.15, -0.1) is 0 Å². The third-order valence-electron chi connectivity index (χ3n) is 3.53. The minimum Gasteiger partial charge on any atom is -0.497 e. The van der Waals surface area contributed by atoms with Crippen molar-refractivity contribution >= 4 is 15.9 Å². The lowest BCUT2D eigenvalue weighted by atomic mass is 10.1. The number of nitrogens with one attached hydrogen (secondary N) is 1. The van der Waals surface area contributed by atoms with E-state index in [4.69, 9.17) is 4.74 Å². The van der Waals surface area contributed by atoms with Gasteiger partial charge in [-0.05, 0) is 31.8 Å². The zero-order chi connectivity index (χ0) is 17.6. The first-order valence-electron chi connectivity index (χ1n) is 7.13. The lowest BCUT2D eigenvalue weighted by Crippen LogP contribution is -2.41. The van der Waals surface area contributed by atoms with Crippen LogP contribution in [0.15, 0.2) is 24.3 Å². The predicted molar refractivity (Wildman–Crippen MR) is 89.9 cm³/mol. The molecule has 1 atom stereocenters. The van der Waals surface area contributed by atoms with Gasteiger partial charge in [-0.1, -0.05) is 12.1 Å². The normalized spacial score (nSPS) is 13.2. The number of carbonyl (C=O) groups excluding carboxylic acids is 1. The summed E-state index contributed by atoms with van der Waals surface area (Å²) in [7, 11) is 3.44. The van der Waals surface area contributed by atoms with Crippen LogP contribution >= 0.6 is 0 Å². The van der Waals surface area contributed by atoms with Crippen LogP contribution in [-0.2, 0) is 14.8 Å². The van der Waals surface area contributed by atoms with Crippen LogP contribution < -0.4 is 10.1 Å². The molecule has 0 saturated heterocycles. The lowest BCUT2D eigenvalue weighted by Gasteiger charge is -2.26. The quantitative estimate of drug-likeness (QED) is 0.735. The molecule has 8 heteroatoms. The Labute approximate surface area is 138 Å². The summed E-state index contributed by atoms with van der Waals surface area (Å²) in [4.78, 5) is 13.9. The highest BCUT2D eigenvalue weighted by atomic mass is 32.2. The summed E-state index contributed by atoms with van der Waals surface area (Å²) in [5, 5.41) is 2.78. The molecule has 0 fully saturated rings. The van der Waals surface area contributed by atoms with E-state index in [1.165, 1.54) is 7.05 Å². The number of rotatable bonds is 8. The van der Waals surface area contributed by atoms with E-state index in [2.05, 4.69) is 5.32 Å². The Bertz CT molecular complexity index is 631. The van der Waals surface area contributed by atoms with Crippen molar-refractivity contribution in [1.29, 1.82) is 0 Å². The highest BCUT2D eigenvalue weighted by Crippen LogP contribution is 2.22. The van der Waals surface area contributed by atoms with Gasteiger partial charge in [0, 0.05) is 13.6 Å². The highest BCUT2D eigenvalue weighted by Gasteiger charge is 2.18. The number of likely N-dealkylation sites (N-methyl/N-ethyl adjacent to an activating group) is 2. The minimum absolute atomic E-state index is 0.0439. The SMILES string of the molecule is COc1cccc([C@H](CNC(=O)CN(C)S(C)(=O)=O)N(C)C)c1. The van der Waals surface area contributed by atoms with E-state index in [9.17, 15) is 13.2 Å². The fourth-order valence-corrected chi connectivity index (χ4v) is 2.39. The molecule has 0 heterocycles. The fraction of sp³-hybridized carbons (Fsp3) is 0.533. The Morgan fingerprint density at radius 2 is 1.96 bits per heavy atom. The van der Waals surface area contributed by atoms with Gasteiger partial charge in [0.2, 0.25) is 15.9 Å². The first-order chi connectivity index (χ1) is 10.6. The number of ether oxygens (including phenoxy) is 1. The van der Waals surface area contributed by atoms with Gasteiger partial charge in [0.25, 0.3) is 0 Å². The average molecular weight is 343 g/mol. The summed E-state index contributed by atoms with van der Waals surface area (Å²) >= 11 is 0. The summed E-state index contributed by atoms with van der Waals surface area (Å²) in [6.07, 6.45) is 1.07. The van der Waals surface area contributed by atoms with Gasteiger partial charge in [0.15, 0.2) is 0 Å².